The summed E-state index contributed by atoms with van der Waals surface area (Å²) in [7, 11) is -2.10. The standard InChI is InChI=1S/C20H21N3O2S/c1-23(26(24,25)18-10-6-3-7-11-18)17-12-13-20(19(21)14-17)22-15-16-8-4-2-5-9-16/h2-14,22H,15,21H2,1H3. The van der Waals surface area contributed by atoms with Crippen LogP contribution in [-0.4, -0.2) is 15.5 Å². The van der Waals surface area contributed by atoms with Crippen molar-refractivity contribution in [3.63, 3.8) is 0 Å². The molecule has 5 nitrogen and oxygen atoms in total. The second-order valence-corrected chi connectivity index (χ2v) is 7.87. The van der Waals surface area contributed by atoms with Gasteiger partial charge in [0.25, 0.3) is 10.0 Å². The van der Waals surface area contributed by atoms with E-state index in [0.29, 0.717) is 17.9 Å². The number of hydrogen-bond donors (Lipinski definition) is 2. The third kappa shape index (κ3) is 3.81. The molecule has 0 atom stereocenters. The molecule has 0 saturated heterocycles. The first-order valence-electron chi connectivity index (χ1n) is 8.20. The fourth-order valence-electron chi connectivity index (χ4n) is 2.59. The maximum Gasteiger partial charge on any atom is 0.264 e. The van der Waals surface area contributed by atoms with Crippen molar-refractivity contribution >= 4 is 27.1 Å². The van der Waals surface area contributed by atoms with Crippen molar-refractivity contribution in [1.29, 1.82) is 0 Å². The van der Waals surface area contributed by atoms with Crippen molar-refractivity contribution in [3.8, 4) is 0 Å². The van der Waals surface area contributed by atoms with Crippen LogP contribution < -0.4 is 15.4 Å². The summed E-state index contributed by atoms with van der Waals surface area (Å²) in [6.07, 6.45) is 0. The first-order chi connectivity index (χ1) is 12.5. The normalized spacial score (nSPS) is 11.1. The zero-order chi connectivity index (χ0) is 18.6. The Morgan fingerprint density at radius 1 is 0.923 bits per heavy atom. The molecule has 0 aliphatic heterocycles. The van der Waals surface area contributed by atoms with Gasteiger partial charge in [0.05, 0.1) is 22.0 Å². The van der Waals surface area contributed by atoms with E-state index in [0.717, 1.165) is 11.3 Å². The molecule has 3 rings (SSSR count). The van der Waals surface area contributed by atoms with Gasteiger partial charge in [0.15, 0.2) is 0 Å². The molecule has 0 aromatic heterocycles. The van der Waals surface area contributed by atoms with Crippen LogP contribution in [0, 0.1) is 0 Å². The Morgan fingerprint density at radius 3 is 2.15 bits per heavy atom. The predicted molar refractivity (Wildman–Crippen MR) is 107 cm³/mol. The summed E-state index contributed by atoms with van der Waals surface area (Å²) in [4.78, 5) is 0.243. The summed E-state index contributed by atoms with van der Waals surface area (Å²) in [5.41, 5.74) is 9.03. The van der Waals surface area contributed by atoms with Crippen LogP contribution in [0.1, 0.15) is 5.56 Å². The zero-order valence-corrected chi connectivity index (χ0v) is 15.3. The Morgan fingerprint density at radius 2 is 1.54 bits per heavy atom. The van der Waals surface area contributed by atoms with Gasteiger partial charge in [-0.05, 0) is 35.9 Å². The molecule has 0 fully saturated rings. The highest BCUT2D eigenvalue weighted by Crippen LogP contribution is 2.28. The van der Waals surface area contributed by atoms with E-state index >= 15 is 0 Å². The van der Waals surface area contributed by atoms with Gasteiger partial charge < -0.3 is 11.1 Å². The molecule has 0 saturated carbocycles. The molecule has 0 aliphatic rings. The number of nitrogen functional groups attached to an aromatic ring is 1. The molecule has 0 spiro atoms. The lowest BCUT2D eigenvalue weighted by atomic mass is 10.2. The highest BCUT2D eigenvalue weighted by molar-refractivity contribution is 7.92. The van der Waals surface area contributed by atoms with E-state index in [9.17, 15) is 8.42 Å². The van der Waals surface area contributed by atoms with Gasteiger partial charge >= 0.3 is 0 Å². The molecule has 0 radical (unpaired) electrons. The van der Waals surface area contributed by atoms with Crippen molar-refractivity contribution in [3.05, 3.63) is 84.4 Å². The first kappa shape index (κ1) is 17.8. The van der Waals surface area contributed by atoms with Crippen molar-refractivity contribution in [2.75, 3.05) is 22.4 Å². The molecule has 0 heterocycles. The number of rotatable bonds is 6. The maximum atomic E-state index is 12.7. The predicted octanol–water partition coefficient (Wildman–Crippen LogP) is 3.71. The van der Waals surface area contributed by atoms with Gasteiger partial charge in [-0.15, -0.1) is 0 Å². The van der Waals surface area contributed by atoms with Gasteiger partial charge in [0.2, 0.25) is 0 Å². The minimum atomic E-state index is -3.62. The van der Waals surface area contributed by atoms with Crippen LogP contribution in [0.5, 0.6) is 0 Å². The largest absolute Gasteiger partial charge is 0.397 e. The Hall–Kier alpha value is -2.99. The van der Waals surface area contributed by atoms with Crippen LogP contribution in [0.25, 0.3) is 0 Å². The van der Waals surface area contributed by atoms with E-state index in [1.807, 2.05) is 30.3 Å². The van der Waals surface area contributed by atoms with Crippen LogP contribution in [-0.2, 0) is 16.6 Å². The summed E-state index contributed by atoms with van der Waals surface area (Å²) in [5, 5.41) is 3.27. The minimum Gasteiger partial charge on any atom is -0.397 e. The minimum absolute atomic E-state index is 0.243. The van der Waals surface area contributed by atoms with Crippen LogP contribution in [0.4, 0.5) is 17.1 Å². The van der Waals surface area contributed by atoms with Crippen LogP contribution >= 0.6 is 0 Å². The van der Waals surface area contributed by atoms with Gasteiger partial charge in [-0.3, -0.25) is 4.31 Å². The Bertz CT molecular complexity index is 974. The highest BCUT2D eigenvalue weighted by Gasteiger charge is 2.21. The number of hydrogen-bond acceptors (Lipinski definition) is 4. The van der Waals surface area contributed by atoms with E-state index in [1.165, 1.54) is 11.4 Å². The lowest BCUT2D eigenvalue weighted by molar-refractivity contribution is 0.594. The van der Waals surface area contributed by atoms with Crippen LogP contribution in [0.3, 0.4) is 0 Å². The number of nitrogens with one attached hydrogen (secondary N) is 1. The summed E-state index contributed by atoms with van der Waals surface area (Å²) in [6.45, 7) is 0.641. The molecular weight excluding hydrogens is 346 g/mol. The van der Waals surface area contributed by atoms with E-state index < -0.39 is 10.0 Å². The molecule has 0 unspecified atom stereocenters. The van der Waals surface area contributed by atoms with E-state index in [1.54, 1.807) is 48.5 Å². The quantitative estimate of drug-likeness (QED) is 0.651. The van der Waals surface area contributed by atoms with Crippen LogP contribution in [0.2, 0.25) is 0 Å². The Labute approximate surface area is 154 Å². The lowest BCUT2D eigenvalue weighted by Gasteiger charge is -2.21. The van der Waals surface area contributed by atoms with E-state index in [2.05, 4.69) is 5.32 Å². The van der Waals surface area contributed by atoms with Gasteiger partial charge in [0.1, 0.15) is 0 Å². The van der Waals surface area contributed by atoms with E-state index in [4.69, 9.17) is 5.73 Å². The topological polar surface area (TPSA) is 75.4 Å². The maximum absolute atomic E-state index is 12.7. The number of nitrogens with zero attached hydrogens (tertiary/aromatic N) is 1. The van der Waals surface area contributed by atoms with Crippen molar-refractivity contribution < 1.29 is 8.42 Å². The summed E-state index contributed by atoms with van der Waals surface area (Å²) < 4.78 is 26.7. The molecule has 3 N–H and O–H groups in total. The van der Waals surface area contributed by atoms with Gasteiger partial charge in [-0.25, -0.2) is 8.42 Å². The molecule has 134 valence electrons. The second kappa shape index (κ2) is 7.49. The Balaban J connectivity index is 1.78. The Kier molecular flexibility index (Phi) is 5.14. The molecule has 0 bridgehead atoms. The molecule has 26 heavy (non-hydrogen) atoms. The van der Waals surface area contributed by atoms with Crippen molar-refractivity contribution in [2.24, 2.45) is 0 Å². The molecule has 3 aromatic rings. The molecular formula is C20H21N3O2S. The SMILES string of the molecule is CN(c1ccc(NCc2ccccc2)c(N)c1)S(=O)(=O)c1ccccc1. The average molecular weight is 367 g/mol. The number of anilines is 3. The number of nitrogens with two attached hydrogens (primary N) is 1. The third-order valence-electron chi connectivity index (χ3n) is 4.13. The highest BCUT2D eigenvalue weighted by atomic mass is 32.2. The van der Waals surface area contributed by atoms with Crippen molar-refractivity contribution in [2.45, 2.75) is 11.4 Å². The monoisotopic (exact) mass is 367 g/mol. The molecule has 3 aromatic carbocycles. The summed E-state index contributed by atoms with van der Waals surface area (Å²) in [6, 6.07) is 23.5. The fourth-order valence-corrected chi connectivity index (χ4v) is 3.80. The first-order valence-corrected chi connectivity index (χ1v) is 9.64. The van der Waals surface area contributed by atoms with Gasteiger partial charge in [-0.2, -0.15) is 0 Å². The molecule has 0 aliphatic carbocycles. The lowest BCUT2D eigenvalue weighted by Crippen LogP contribution is -2.26. The third-order valence-corrected chi connectivity index (χ3v) is 5.93. The average Bonchev–Trinajstić information content (AvgIpc) is 2.68. The fraction of sp³-hybridized carbons (Fsp3) is 0.100. The number of sulfonamides is 1. The molecule has 6 heteroatoms. The van der Waals surface area contributed by atoms with Gasteiger partial charge in [0, 0.05) is 13.6 Å². The second-order valence-electron chi connectivity index (χ2n) is 5.90. The van der Waals surface area contributed by atoms with E-state index in [-0.39, 0.29) is 4.90 Å². The molecule has 0 amide bonds. The zero-order valence-electron chi connectivity index (χ0n) is 14.5. The summed E-state index contributed by atoms with van der Waals surface area (Å²) in [5.74, 6) is 0. The number of benzene rings is 3. The van der Waals surface area contributed by atoms with Crippen LogP contribution in [0.15, 0.2) is 83.8 Å². The van der Waals surface area contributed by atoms with Gasteiger partial charge in [-0.1, -0.05) is 48.5 Å². The van der Waals surface area contributed by atoms with Crippen molar-refractivity contribution in [1.82, 2.24) is 0 Å². The smallest absolute Gasteiger partial charge is 0.264 e. The summed E-state index contributed by atoms with van der Waals surface area (Å²) >= 11 is 0.